The number of amides is 1. The third-order valence-electron chi connectivity index (χ3n) is 14.4. The first kappa shape index (κ1) is 68.1. The van der Waals surface area contributed by atoms with Gasteiger partial charge in [-0.3, -0.25) is 9.59 Å². The van der Waals surface area contributed by atoms with E-state index in [9.17, 15) is 19.8 Å². The van der Waals surface area contributed by atoms with E-state index < -0.39 is 12.1 Å². The Kier molecular flexibility index (Phi) is 58.0. The van der Waals surface area contributed by atoms with Gasteiger partial charge in [-0.1, -0.05) is 275 Å². The topological polar surface area (TPSA) is 95.9 Å². The molecule has 6 heteroatoms. The van der Waals surface area contributed by atoms with Crippen LogP contribution in [-0.2, 0) is 14.3 Å². The van der Waals surface area contributed by atoms with Crippen molar-refractivity contribution in [2.45, 2.75) is 347 Å². The summed E-state index contributed by atoms with van der Waals surface area (Å²) in [6, 6.07) is -0.630. The molecule has 412 valence electrons. The zero-order valence-electron chi connectivity index (χ0n) is 47.0. The van der Waals surface area contributed by atoms with Crippen molar-refractivity contribution in [3.8, 4) is 0 Å². The second kappa shape index (κ2) is 59.6. The van der Waals surface area contributed by atoms with Gasteiger partial charge < -0.3 is 20.3 Å². The van der Waals surface area contributed by atoms with Crippen molar-refractivity contribution in [3.05, 3.63) is 36.5 Å². The molecule has 0 aliphatic carbocycles. The summed E-state index contributed by atoms with van der Waals surface area (Å²) in [5.74, 6) is -0.0668. The van der Waals surface area contributed by atoms with Gasteiger partial charge in [-0.25, -0.2) is 0 Å². The van der Waals surface area contributed by atoms with Gasteiger partial charge in [-0.15, -0.1) is 0 Å². The SMILES string of the molecule is CCCCC/C=C\CCCCCCCC(=O)OCCCCCCCCCCCCCC/C=C\CCCCCCCCCCCC(=O)NC(CO)C(O)/C=C/CCCCCCCCCCCCCCCC. The molecule has 0 aromatic heterocycles. The molecule has 0 aliphatic heterocycles. The molecular weight excluding hydrogens is 863 g/mol. The molecule has 0 aromatic carbocycles. The predicted molar refractivity (Wildman–Crippen MR) is 306 cm³/mol. The molecule has 6 nitrogen and oxygen atoms in total. The van der Waals surface area contributed by atoms with Crippen molar-refractivity contribution >= 4 is 11.9 Å². The molecule has 0 bridgehead atoms. The van der Waals surface area contributed by atoms with Crippen LogP contribution in [0.15, 0.2) is 36.5 Å². The van der Waals surface area contributed by atoms with Gasteiger partial charge in [-0.05, 0) is 83.5 Å². The summed E-state index contributed by atoms with van der Waals surface area (Å²) < 4.78 is 5.47. The molecule has 0 rings (SSSR count). The number of allylic oxidation sites excluding steroid dienone is 5. The first-order valence-corrected chi connectivity index (χ1v) is 31.3. The number of carbonyl (C=O) groups is 2. The number of carbonyl (C=O) groups excluding carboxylic acids is 2. The molecule has 0 spiro atoms. The lowest BCUT2D eigenvalue weighted by molar-refractivity contribution is -0.143. The van der Waals surface area contributed by atoms with Gasteiger partial charge in [0.1, 0.15) is 0 Å². The smallest absolute Gasteiger partial charge is 0.305 e. The van der Waals surface area contributed by atoms with Gasteiger partial charge in [0.25, 0.3) is 0 Å². The lowest BCUT2D eigenvalue weighted by Crippen LogP contribution is -2.45. The summed E-state index contributed by atoms with van der Waals surface area (Å²) in [6.07, 6.45) is 74.7. The maximum Gasteiger partial charge on any atom is 0.305 e. The molecule has 0 fully saturated rings. The van der Waals surface area contributed by atoms with Gasteiger partial charge in [0.05, 0.1) is 25.4 Å². The zero-order valence-corrected chi connectivity index (χ0v) is 47.0. The maximum atomic E-state index is 12.5. The minimum atomic E-state index is -0.846. The summed E-state index contributed by atoms with van der Waals surface area (Å²) in [5.41, 5.74) is 0. The van der Waals surface area contributed by atoms with Crippen LogP contribution in [0.25, 0.3) is 0 Å². The minimum Gasteiger partial charge on any atom is -0.466 e. The van der Waals surface area contributed by atoms with Gasteiger partial charge in [0, 0.05) is 12.8 Å². The highest BCUT2D eigenvalue weighted by atomic mass is 16.5. The van der Waals surface area contributed by atoms with Gasteiger partial charge >= 0.3 is 5.97 Å². The van der Waals surface area contributed by atoms with Crippen molar-refractivity contribution in [2.75, 3.05) is 13.2 Å². The molecule has 0 radical (unpaired) electrons. The Bertz CT molecular complexity index is 1130. The third kappa shape index (κ3) is 55.4. The molecule has 2 unspecified atom stereocenters. The van der Waals surface area contributed by atoms with Crippen LogP contribution >= 0.6 is 0 Å². The number of esters is 1. The predicted octanol–water partition coefficient (Wildman–Crippen LogP) is 19.6. The van der Waals surface area contributed by atoms with E-state index in [0.29, 0.717) is 19.4 Å². The van der Waals surface area contributed by atoms with Crippen LogP contribution in [0, 0.1) is 0 Å². The number of aliphatic hydroxyl groups excluding tert-OH is 2. The first-order chi connectivity index (χ1) is 34.5. The fourth-order valence-corrected chi connectivity index (χ4v) is 9.57. The summed E-state index contributed by atoms with van der Waals surface area (Å²) >= 11 is 0. The summed E-state index contributed by atoms with van der Waals surface area (Å²) in [5, 5.41) is 23.1. The average Bonchev–Trinajstić information content (AvgIpc) is 3.36. The van der Waals surface area contributed by atoms with Crippen molar-refractivity contribution in [1.29, 1.82) is 0 Å². The van der Waals surface area contributed by atoms with Crippen LogP contribution in [-0.4, -0.2) is 47.4 Å². The molecule has 2 atom stereocenters. The monoisotopic (exact) mass is 984 g/mol. The van der Waals surface area contributed by atoms with Gasteiger partial charge in [0.2, 0.25) is 5.91 Å². The Hall–Kier alpha value is -1.92. The quantitative estimate of drug-likeness (QED) is 0.0321. The molecule has 0 saturated carbocycles. The lowest BCUT2D eigenvalue weighted by atomic mass is 10.0. The Morgan fingerprint density at radius 1 is 0.386 bits per heavy atom. The summed E-state index contributed by atoms with van der Waals surface area (Å²) in [4.78, 5) is 24.5. The third-order valence-corrected chi connectivity index (χ3v) is 14.4. The highest BCUT2D eigenvalue weighted by Gasteiger charge is 2.18. The largest absolute Gasteiger partial charge is 0.466 e. The van der Waals surface area contributed by atoms with E-state index in [1.807, 2.05) is 6.08 Å². The Balaban J connectivity index is 3.43. The number of rotatable bonds is 58. The second-order valence-corrected chi connectivity index (χ2v) is 21.4. The lowest BCUT2D eigenvalue weighted by Gasteiger charge is -2.20. The van der Waals surface area contributed by atoms with Crippen LogP contribution < -0.4 is 5.32 Å². The molecule has 0 saturated heterocycles. The van der Waals surface area contributed by atoms with Crippen LogP contribution in [0.4, 0.5) is 0 Å². The molecule has 70 heavy (non-hydrogen) atoms. The van der Waals surface area contributed by atoms with E-state index in [1.165, 1.54) is 263 Å². The number of aliphatic hydroxyl groups is 2. The van der Waals surface area contributed by atoms with Crippen molar-refractivity contribution in [1.82, 2.24) is 5.32 Å². The minimum absolute atomic E-state index is 0.00282. The highest BCUT2D eigenvalue weighted by Crippen LogP contribution is 2.17. The van der Waals surface area contributed by atoms with Crippen molar-refractivity contribution in [2.24, 2.45) is 0 Å². The molecule has 0 heterocycles. The molecule has 0 aliphatic rings. The Morgan fingerprint density at radius 2 is 0.671 bits per heavy atom. The number of nitrogens with one attached hydrogen (secondary N) is 1. The number of unbranched alkanes of at least 4 members (excludes halogenated alkanes) is 43. The standard InChI is InChI=1S/C64H121NO5/c1-3-5-7-9-11-13-15-17-18-30-33-36-40-44-48-52-56-62(67)61(60-66)65-63(68)57-53-49-45-41-37-34-31-28-26-24-22-20-19-21-23-25-27-29-32-35-39-43-47-51-55-59-70-64(69)58-54-50-46-42-38-16-14-12-10-8-6-4-2/h12,14,20,22,52,56,61-62,66-67H,3-11,13,15-19,21,23-51,53-55,57-60H2,1-2H3,(H,65,68)/b14-12-,22-20-,56-52+. The first-order valence-electron chi connectivity index (χ1n) is 31.3. The fraction of sp³-hybridized carbons (Fsp3) is 0.875. The van der Waals surface area contributed by atoms with Crippen LogP contribution in [0.1, 0.15) is 335 Å². The summed E-state index contributed by atoms with van der Waals surface area (Å²) in [7, 11) is 0. The second-order valence-electron chi connectivity index (χ2n) is 21.4. The summed E-state index contributed by atoms with van der Waals surface area (Å²) in [6.45, 7) is 4.89. The van der Waals surface area contributed by atoms with Gasteiger partial charge in [-0.2, -0.15) is 0 Å². The maximum absolute atomic E-state index is 12.5. The number of ether oxygens (including phenoxy) is 1. The molecule has 0 aromatic rings. The van der Waals surface area contributed by atoms with E-state index in [1.54, 1.807) is 6.08 Å². The Labute approximate surface area is 436 Å². The molecule has 3 N–H and O–H groups in total. The van der Waals surface area contributed by atoms with E-state index in [2.05, 4.69) is 43.5 Å². The van der Waals surface area contributed by atoms with Crippen LogP contribution in [0.2, 0.25) is 0 Å². The average molecular weight is 985 g/mol. The van der Waals surface area contributed by atoms with Crippen LogP contribution in [0.5, 0.6) is 0 Å². The van der Waals surface area contributed by atoms with Crippen molar-refractivity contribution in [3.63, 3.8) is 0 Å². The highest BCUT2D eigenvalue weighted by molar-refractivity contribution is 5.76. The van der Waals surface area contributed by atoms with Crippen LogP contribution in [0.3, 0.4) is 0 Å². The van der Waals surface area contributed by atoms with E-state index in [-0.39, 0.29) is 18.5 Å². The molecular formula is C64H121NO5. The van der Waals surface area contributed by atoms with E-state index in [4.69, 9.17) is 4.74 Å². The Morgan fingerprint density at radius 3 is 1.04 bits per heavy atom. The van der Waals surface area contributed by atoms with E-state index in [0.717, 1.165) is 44.9 Å². The van der Waals surface area contributed by atoms with E-state index >= 15 is 0 Å². The van der Waals surface area contributed by atoms with Gasteiger partial charge in [0.15, 0.2) is 0 Å². The van der Waals surface area contributed by atoms with Crippen molar-refractivity contribution < 1.29 is 24.5 Å². The zero-order chi connectivity index (χ0) is 50.7. The number of hydrogen-bond donors (Lipinski definition) is 3. The fourth-order valence-electron chi connectivity index (χ4n) is 9.57. The normalized spacial score (nSPS) is 12.8. The number of hydrogen-bond acceptors (Lipinski definition) is 5. The molecule has 1 amide bonds.